The second kappa shape index (κ2) is 6.89. The van der Waals surface area contributed by atoms with Crippen LogP contribution in [0, 0.1) is 0 Å². The molecule has 0 radical (unpaired) electrons. The van der Waals surface area contributed by atoms with Gasteiger partial charge in [0.15, 0.2) is 0 Å². The molecule has 126 valence electrons. The number of methoxy groups -OCH3 is 1. The summed E-state index contributed by atoms with van der Waals surface area (Å²) in [5.41, 5.74) is 0.721. The van der Waals surface area contributed by atoms with E-state index in [0.717, 1.165) is 10.5 Å². The van der Waals surface area contributed by atoms with Crippen molar-refractivity contribution in [2.45, 2.75) is 25.1 Å². The van der Waals surface area contributed by atoms with Gasteiger partial charge in [-0.3, -0.25) is 9.59 Å². The van der Waals surface area contributed by atoms with E-state index in [0.29, 0.717) is 5.75 Å². The summed E-state index contributed by atoms with van der Waals surface area (Å²) < 4.78 is 42.1. The summed E-state index contributed by atoms with van der Waals surface area (Å²) in [7, 11) is 1.51. The fraction of sp³-hybridized carbons (Fsp3) is 0.467. The van der Waals surface area contributed by atoms with Gasteiger partial charge in [0.2, 0.25) is 11.8 Å². The molecule has 2 rings (SSSR count). The summed E-state index contributed by atoms with van der Waals surface area (Å²) >= 11 is 0. The topological polar surface area (TPSA) is 58.6 Å². The zero-order valence-corrected chi connectivity index (χ0v) is 12.5. The van der Waals surface area contributed by atoms with Crippen LogP contribution in [0.3, 0.4) is 0 Å². The SMILES string of the molecule is COc1cccc(CC(=O)NC2CC(=O)N(CC(F)(F)F)C2)c1. The maximum atomic E-state index is 12.3. The summed E-state index contributed by atoms with van der Waals surface area (Å²) in [6, 6.07) is 6.34. The lowest BCUT2D eigenvalue weighted by molar-refractivity contribution is -0.157. The Morgan fingerprint density at radius 1 is 1.43 bits per heavy atom. The summed E-state index contributed by atoms with van der Waals surface area (Å²) in [5, 5.41) is 2.60. The van der Waals surface area contributed by atoms with Crippen LogP contribution < -0.4 is 10.1 Å². The lowest BCUT2D eigenvalue weighted by atomic mass is 10.1. The number of carbonyl (C=O) groups is 2. The highest BCUT2D eigenvalue weighted by Gasteiger charge is 2.38. The predicted octanol–water partition coefficient (Wildman–Crippen LogP) is 1.52. The first-order chi connectivity index (χ1) is 10.8. The molecule has 8 heteroatoms. The van der Waals surface area contributed by atoms with Gasteiger partial charge in [0.05, 0.1) is 19.6 Å². The molecule has 1 fully saturated rings. The van der Waals surface area contributed by atoms with E-state index in [9.17, 15) is 22.8 Å². The first-order valence-corrected chi connectivity index (χ1v) is 7.03. The van der Waals surface area contributed by atoms with Crippen LogP contribution in [-0.2, 0) is 16.0 Å². The Morgan fingerprint density at radius 2 is 2.17 bits per heavy atom. The number of likely N-dealkylation sites (tertiary alicyclic amines) is 1. The highest BCUT2D eigenvalue weighted by molar-refractivity contribution is 5.83. The van der Waals surface area contributed by atoms with Crippen LogP contribution in [0.15, 0.2) is 24.3 Å². The minimum atomic E-state index is -4.44. The fourth-order valence-corrected chi connectivity index (χ4v) is 2.48. The molecule has 1 aromatic carbocycles. The van der Waals surface area contributed by atoms with E-state index in [4.69, 9.17) is 4.74 Å². The Balaban J connectivity index is 1.87. The summed E-state index contributed by atoms with van der Waals surface area (Å²) in [4.78, 5) is 24.2. The fourth-order valence-electron chi connectivity index (χ4n) is 2.48. The quantitative estimate of drug-likeness (QED) is 0.890. The zero-order valence-electron chi connectivity index (χ0n) is 12.5. The van der Waals surface area contributed by atoms with Crippen LogP contribution in [0.5, 0.6) is 5.75 Å². The molecule has 0 aromatic heterocycles. The number of nitrogens with zero attached hydrogens (tertiary/aromatic N) is 1. The van der Waals surface area contributed by atoms with Crippen molar-refractivity contribution in [3.05, 3.63) is 29.8 Å². The van der Waals surface area contributed by atoms with Crippen molar-refractivity contribution < 1.29 is 27.5 Å². The van der Waals surface area contributed by atoms with E-state index in [1.165, 1.54) is 7.11 Å². The van der Waals surface area contributed by atoms with Crippen molar-refractivity contribution >= 4 is 11.8 Å². The summed E-state index contributed by atoms with van der Waals surface area (Å²) in [6.45, 7) is -1.41. The Labute approximate surface area is 131 Å². The van der Waals surface area contributed by atoms with E-state index in [1.807, 2.05) is 0 Å². The van der Waals surface area contributed by atoms with Crippen molar-refractivity contribution in [2.24, 2.45) is 0 Å². The smallest absolute Gasteiger partial charge is 0.406 e. The largest absolute Gasteiger partial charge is 0.497 e. The van der Waals surface area contributed by atoms with E-state index < -0.39 is 24.7 Å². The number of alkyl halides is 3. The number of nitrogens with one attached hydrogen (secondary N) is 1. The normalized spacial score (nSPS) is 18.2. The number of ether oxygens (including phenoxy) is 1. The van der Waals surface area contributed by atoms with Gasteiger partial charge in [0, 0.05) is 13.0 Å². The molecule has 1 atom stereocenters. The minimum Gasteiger partial charge on any atom is -0.497 e. The minimum absolute atomic E-state index is 0.0706. The van der Waals surface area contributed by atoms with Gasteiger partial charge in [-0.25, -0.2) is 0 Å². The lowest BCUT2D eigenvalue weighted by Crippen LogP contribution is -2.40. The molecular weight excluding hydrogens is 313 g/mol. The number of amides is 2. The molecule has 0 bridgehead atoms. The molecule has 1 heterocycles. The molecule has 0 saturated carbocycles. The molecule has 1 aromatic rings. The molecule has 1 saturated heterocycles. The van der Waals surface area contributed by atoms with E-state index in [1.54, 1.807) is 24.3 Å². The third kappa shape index (κ3) is 5.15. The average Bonchev–Trinajstić information content (AvgIpc) is 2.76. The first kappa shape index (κ1) is 17.1. The molecule has 1 N–H and O–H groups in total. The van der Waals surface area contributed by atoms with Crippen LogP contribution >= 0.6 is 0 Å². The van der Waals surface area contributed by atoms with Crippen LogP contribution in [0.1, 0.15) is 12.0 Å². The van der Waals surface area contributed by atoms with Gasteiger partial charge in [-0.1, -0.05) is 12.1 Å². The van der Waals surface area contributed by atoms with Gasteiger partial charge < -0.3 is 15.0 Å². The molecule has 1 aliphatic heterocycles. The monoisotopic (exact) mass is 330 g/mol. The van der Waals surface area contributed by atoms with Gasteiger partial charge in [-0.05, 0) is 17.7 Å². The van der Waals surface area contributed by atoms with Crippen LogP contribution in [0.4, 0.5) is 13.2 Å². The Bertz CT molecular complexity index is 590. The second-order valence-electron chi connectivity index (χ2n) is 5.39. The highest BCUT2D eigenvalue weighted by atomic mass is 19.4. The molecule has 0 spiro atoms. The van der Waals surface area contributed by atoms with Crippen molar-refractivity contribution in [2.75, 3.05) is 20.2 Å². The van der Waals surface area contributed by atoms with Crippen molar-refractivity contribution in [1.29, 1.82) is 0 Å². The maximum absolute atomic E-state index is 12.3. The van der Waals surface area contributed by atoms with Crippen molar-refractivity contribution in [3.8, 4) is 5.75 Å². The molecule has 23 heavy (non-hydrogen) atoms. The molecule has 0 aliphatic carbocycles. The third-order valence-corrected chi connectivity index (χ3v) is 3.45. The summed E-state index contributed by atoms with van der Waals surface area (Å²) in [6.07, 6.45) is -4.48. The van der Waals surface area contributed by atoms with E-state index in [2.05, 4.69) is 5.32 Å². The Hall–Kier alpha value is -2.25. The molecule has 1 aliphatic rings. The van der Waals surface area contributed by atoms with Crippen molar-refractivity contribution in [1.82, 2.24) is 10.2 Å². The predicted molar refractivity (Wildman–Crippen MR) is 75.9 cm³/mol. The van der Waals surface area contributed by atoms with E-state index >= 15 is 0 Å². The van der Waals surface area contributed by atoms with Gasteiger partial charge in [0.1, 0.15) is 12.3 Å². The van der Waals surface area contributed by atoms with Crippen LogP contribution in [0.25, 0.3) is 0 Å². The number of halogens is 3. The van der Waals surface area contributed by atoms with Gasteiger partial charge in [-0.2, -0.15) is 13.2 Å². The number of hydrogen-bond acceptors (Lipinski definition) is 3. The van der Waals surface area contributed by atoms with Gasteiger partial charge >= 0.3 is 6.18 Å². The second-order valence-corrected chi connectivity index (χ2v) is 5.39. The highest BCUT2D eigenvalue weighted by Crippen LogP contribution is 2.21. The molecule has 5 nitrogen and oxygen atoms in total. The van der Waals surface area contributed by atoms with Crippen LogP contribution in [-0.4, -0.2) is 49.1 Å². The number of benzene rings is 1. The lowest BCUT2D eigenvalue weighted by Gasteiger charge is -2.18. The number of carbonyl (C=O) groups excluding carboxylic acids is 2. The average molecular weight is 330 g/mol. The maximum Gasteiger partial charge on any atom is 0.406 e. The summed E-state index contributed by atoms with van der Waals surface area (Å²) in [5.74, 6) is -0.332. The van der Waals surface area contributed by atoms with Gasteiger partial charge in [-0.15, -0.1) is 0 Å². The third-order valence-electron chi connectivity index (χ3n) is 3.45. The van der Waals surface area contributed by atoms with E-state index in [-0.39, 0.29) is 25.3 Å². The zero-order chi connectivity index (χ0) is 17.0. The van der Waals surface area contributed by atoms with Crippen LogP contribution in [0.2, 0.25) is 0 Å². The Kier molecular flexibility index (Phi) is 5.12. The van der Waals surface area contributed by atoms with Gasteiger partial charge in [0.25, 0.3) is 0 Å². The van der Waals surface area contributed by atoms with Crippen molar-refractivity contribution in [3.63, 3.8) is 0 Å². The number of rotatable bonds is 5. The molecule has 1 unspecified atom stereocenters. The first-order valence-electron chi connectivity index (χ1n) is 7.03. The molecular formula is C15H17F3N2O3. The Morgan fingerprint density at radius 3 is 2.83 bits per heavy atom. The molecule has 2 amide bonds. The number of hydrogen-bond donors (Lipinski definition) is 1. The standard InChI is InChI=1S/C15H17F3N2O3/c1-23-12-4-2-3-10(5-12)6-13(21)19-11-7-14(22)20(8-11)9-15(16,17)18/h2-5,11H,6-9H2,1H3,(H,19,21).